The molecule has 68 valence electrons. The molecule has 0 saturated carbocycles. The molecule has 0 amide bonds. The number of hydrogen-bond acceptors (Lipinski definition) is 3. The van der Waals surface area contributed by atoms with Crippen molar-refractivity contribution in [2.24, 2.45) is 5.73 Å². The molecule has 0 saturated heterocycles. The van der Waals surface area contributed by atoms with Crippen molar-refractivity contribution in [1.82, 2.24) is 0 Å². The van der Waals surface area contributed by atoms with E-state index < -0.39 is 10.4 Å². The van der Waals surface area contributed by atoms with Crippen LogP contribution in [-0.2, 0) is 10.4 Å². The summed E-state index contributed by atoms with van der Waals surface area (Å²) in [6.07, 6.45) is 1.99. The maximum absolute atomic E-state index is 8.74. The van der Waals surface area contributed by atoms with Gasteiger partial charge >= 0.3 is 10.4 Å². The zero-order valence-electron chi connectivity index (χ0n) is 6.48. The lowest BCUT2D eigenvalue weighted by Gasteiger charge is -1.80. The van der Waals surface area contributed by atoms with Gasteiger partial charge in [0.15, 0.2) is 0 Å². The number of nitrogens with two attached hydrogens (primary N) is 1. The van der Waals surface area contributed by atoms with Crippen LogP contribution in [0.2, 0.25) is 0 Å². The van der Waals surface area contributed by atoms with Crippen LogP contribution in [0.4, 0.5) is 0 Å². The van der Waals surface area contributed by atoms with Gasteiger partial charge in [-0.2, -0.15) is 8.42 Å². The van der Waals surface area contributed by atoms with E-state index in [0.29, 0.717) is 6.54 Å². The summed E-state index contributed by atoms with van der Waals surface area (Å²) in [5, 5.41) is 0. The monoisotopic (exact) mass is 183 g/mol. The molecule has 0 aromatic rings. The first-order valence-electron chi connectivity index (χ1n) is 2.80. The van der Waals surface area contributed by atoms with Gasteiger partial charge in [-0.05, 0) is 13.8 Å². The maximum atomic E-state index is 8.74. The Morgan fingerprint density at radius 1 is 1.45 bits per heavy atom. The summed E-state index contributed by atoms with van der Waals surface area (Å²) >= 11 is 0. The first-order chi connectivity index (χ1) is 4.77. The molecule has 5 nitrogen and oxygen atoms in total. The molecule has 0 bridgehead atoms. The highest BCUT2D eigenvalue weighted by Crippen LogP contribution is 1.82. The van der Waals surface area contributed by atoms with E-state index in [-0.39, 0.29) is 0 Å². The highest BCUT2D eigenvalue weighted by Gasteiger charge is 1.84. The highest BCUT2D eigenvalue weighted by atomic mass is 32.3. The fraction of sp³-hybridized carbons (Fsp3) is 0.600. The minimum atomic E-state index is -4.67. The Morgan fingerprint density at radius 3 is 1.73 bits per heavy atom. The summed E-state index contributed by atoms with van der Waals surface area (Å²) in [7, 11) is -4.67. The van der Waals surface area contributed by atoms with E-state index in [2.05, 4.69) is 0 Å². The Bertz CT molecular complexity index is 195. The molecule has 0 aliphatic carbocycles. The summed E-state index contributed by atoms with van der Waals surface area (Å²) in [6.45, 7) is 4.74. The first-order valence-corrected chi connectivity index (χ1v) is 4.20. The highest BCUT2D eigenvalue weighted by molar-refractivity contribution is 7.79. The van der Waals surface area contributed by atoms with Crippen LogP contribution in [-0.4, -0.2) is 24.1 Å². The van der Waals surface area contributed by atoms with E-state index in [1.807, 2.05) is 19.9 Å². The molecule has 0 radical (unpaired) electrons. The summed E-state index contributed by atoms with van der Waals surface area (Å²) < 4.78 is 31.6. The topological polar surface area (TPSA) is 101 Å². The van der Waals surface area contributed by atoms with Crippen molar-refractivity contribution in [3.8, 4) is 0 Å². The van der Waals surface area contributed by atoms with Gasteiger partial charge in [0, 0.05) is 6.54 Å². The van der Waals surface area contributed by atoms with E-state index in [9.17, 15) is 0 Å². The largest absolute Gasteiger partial charge is 0.394 e. The molecule has 0 unspecified atom stereocenters. The van der Waals surface area contributed by atoms with Gasteiger partial charge in [-0.1, -0.05) is 11.6 Å². The average molecular weight is 183 g/mol. The van der Waals surface area contributed by atoms with E-state index in [4.69, 9.17) is 23.3 Å². The van der Waals surface area contributed by atoms with Crippen molar-refractivity contribution >= 4 is 10.4 Å². The van der Waals surface area contributed by atoms with Gasteiger partial charge in [0.05, 0.1) is 0 Å². The first kappa shape index (κ1) is 13.2. The second kappa shape index (κ2) is 6.29. The van der Waals surface area contributed by atoms with E-state index in [0.717, 1.165) is 0 Å². The summed E-state index contributed by atoms with van der Waals surface area (Å²) in [6, 6.07) is 0. The predicted molar refractivity (Wildman–Crippen MR) is 42.7 cm³/mol. The van der Waals surface area contributed by atoms with Gasteiger partial charge in [0.1, 0.15) is 0 Å². The third kappa shape index (κ3) is 83.0. The normalized spacial score (nSPS) is 9.55. The van der Waals surface area contributed by atoms with Crippen molar-refractivity contribution in [2.45, 2.75) is 13.8 Å². The average Bonchev–Trinajstić information content (AvgIpc) is 1.58. The summed E-state index contributed by atoms with van der Waals surface area (Å²) in [5.74, 6) is 0. The third-order valence-corrected chi connectivity index (χ3v) is 0.526. The fourth-order valence-corrected chi connectivity index (χ4v) is 0.236. The van der Waals surface area contributed by atoms with Crippen LogP contribution in [0.15, 0.2) is 11.6 Å². The SMILES string of the molecule is CC(C)=CCN.O=S(=O)(O)O. The Morgan fingerprint density at radius 2 is 1.73 bits per heavy atom. The predicted octanol–water partition coefficient (Wildman–Crippen LogP) is 0.259. The van der Waals surface area contributed by atoms with Crippen molar-refractivity contribution in [1.29, 1.82) is 0 Å². The lowest BCUT2D eigenvalue weighted by molar-refractivity contribution is 0.381. The zero-order chi connectivity index (χ0) is 9.49. The molecule has 0 atom stereocenters. The number of rotatable bonds is 1. The van der Waals surface area contributed by atoms with Crippen LogP contribution in [0, 0.1) is 0 Å². The third-order valence-electron chi connectivity index (χ3n) is 0.526. The minimum absolute atomic E-state index is 0.669. The Balaban J connectivity index is 0. The summed E-state index contributed by atoms with van der Waals surface area (Å²) in [4.78, 5) is 0. The second-order valence-electron chi connectivity index (χ2n) is 1.97. The smallest absolute Gasteiger partial charge is 0.327 e. The molecular formula is C5H13NO4S. The molecule has 0 aromatic carbocycles. The van der Waals surface area contributed by atoms with E-state index >= 15 is 0 Å². The van der Waals surface area contributed by atoms with Crippen LogP contribution in [0.5, 0.6) is 0 Å². The molecule has 0 fully saturated rings. The zero-order valence-corrected chi connectivity index (χ0v) is 7.30. The van der Waals surface area contributed by atoms with Crippen molar-refractivity contribution in [3.05, 3.63) is 11.6 Å². The quantitative estimate of drug-likeness (QED) is 0.400. The van der Waals surface area contributed by atoms with Gasteiger partial charge in [-0.15, -0.1) is 0 Å². The molecule has 0 aliphatic heterocycles. The molecule has 0 heterocycles. The Kier molecular flexibility index (Phi) is 7.54. The van der Waals surface area contributed by atoms with E-state index in [1.165, 1.54) is 5.57 Å². The van der Waals surface area contributed by atoms with Gasteiger partial charge in [0.2, 0.25) is 0 Å². The van der Waals surface area contributed by atoms with Crippen LogP contribution >= 0.6 is 0 Å². The minimum Gasteiger partial charge on any atom is -0.327 e. The molecule has 6 heteroatoms. The van der Waals surface area contributed by atoms with Crippen molar-refractivity contribution in [2.75, 3.05) is 6.54 Å². The van der Waals surface area contributed by atoms with Gasteiger partial charge in [-0.25, -0.2) is 0 Å². The maximum Gasteiger partial charge on any atom is 0.394 e. The van der Waals surface area contributed by atoms with E-state index in [1.54, 1.807) is 0 Å². The van der Waals surface area contributed by atoms with Crippen LogP contribution < -0.4 is 5.73 Å². The van der Waals surface area contributed by atoms with Crippen LogP contribution in [0.3, 0.4) is 0 Å². The lowest BCUT2D eigenvalue weighted by atomic mass is 10.3. The van der Waals surface area contributed by atoms with Crippen molar-refractivity contribution < 1.29 is 17.5 Å². The number of allylic oxidation sites excluding steroid dienone is 1. The van der Waals surface area contributed by atoms with Gasteiger partial charge < -0.3 is 5.73 Å². The molecular weight excluding hydrogens is 170 g/mol. The van der Waals surface area contributed by atoms with Crippen LogP contribution in [0.1, 0.15) is 13.8 Å². The number of hydrogen-bond donors (Lipinski definition) is 3. The molecule has 11 heavy (non-hydrogen) atoms. The standard InChI is InChI=1S/C5H11N.H2O4S/c1-5(2)3-4-6;1-5(2,3)4/h3H,4,6H2,1-2H3;(H2,1,2,3,4). The van der Waals surface area contributed by atoms with Crippen LogP contribution in [0.25, 0.3) is 0 Å². The molecule has 0 rings (SSSR count). The molecule has 4 N–H and O–H groups in total. The van der Waals surface area contributed by atoms with Gasteiger partial charge in [-0.3, -0.25) is 9.11 Å². The Hall–Kier alpha value is -0.430. The molecule has 0 aliphatic rings. The summed E-state index contributed by atoms with van der Waals surface area (Å²) in [5.41, 5.74) is 6.44. The molecule has 0 aromatic heterocycles. The Labute approximate surface area is 66.5 Å². The lowest BCUT2D eigenvalue weighted by Crippen LogP contribution is -1.92. The second-order valence-corrected chi connectivity index (χ2v) is 2.86. The molecule has 0 spiro atoms. The van der Waals surface area contributed by atoms with Crippen molar-refractivity contribution in [3.63, 3.8) is 0 Å². The fourth-order valence-electron chi connectivity index (χ4n) is 0.236. The van der Waals surface area contributed by atoms with Gasteiger partial charge in [0.25, 0.3) is 0 Å².